The number of likely N-dealkylation sites (tertiary alicyclic amines) is 1. The molecule has 0 aromatic rings. The summed E-state index contributed by atoms with van der Waals surface area (Å²) in [6.45, 7) is 7.94. The molecule has 1 heterocycles. The van der Waals surface area contributed by atoms with E-state index in [1.807, 2.05) is 6.92 Å². The molecule has 0 amide bonds. The molecule has 14 heavy (non-hydrogen) atoms. The molecule has 0 saturated carbocycles. The van der Waals surface area contributed by atoms with Gasteiger partial charge in [0.05, 0.1) is 12.5 Å². The molecule has 1 aliphatic heterocycles. The minimum absolute atomic E-state index is 0.0163. The van der Waals surface area contributed by atoms with Crippen molar-refractivity contribution in [1.82, 2.24) is 4.90 Å². The lowest BCUT2D eigenvalue weighted by Crippen LogP contribution is -2.36. The molecule has 82 valence electrons. The summed E-state index contributed by atoms with van der Waals surface area (Å²) in [5.74, 6) is 0.173. The molecule has 0 atom stereocenters. The van der Waals surface area contributed by atoms with Gasteiger partial charge >= 0.3 is 5.97 Å². The normalized spacial score (nSPS) is 19.6. The van der Waals surface area contributed by atoms with Crippen molar-refractivity contribution >= 4 is 5.97 Å². The van der Waals surface area contributed by atoms with Gasteiger partial charge in [-0.3, -0.25) is 4.79 Å². The van der Waals surface area contributed by atoms with Crippen LogP contribution in [0.4, 0.5) is 0 Å². The van der Waals surface area contributed by atoms with Gasteiger partial charge in [-0.15, -0.1) is 0 Å². The van der Waals surface area contributed by atoms with Crippen LogP contribution >= 0.6 is 0 Å². The summed E-state index contributed by atoms with van der Waals surface area (Å²) in [5.41, 5.74) is 0. The minimum Gasteiger partial charge on any atom is -0.465 e. The van der Waals surface area contributed by atoms with Crippen molar-refractivity contribution in [2.45, 2.75) is 33.1 Å². The van der Waals surface area contributed by atoms with E-state index in [0.29, 0.717) is 6.61 Å². The summed E-state index contributed by atoms with van der Waals surface area (Å²) in [6.07, 6.45) is 2.85. The fourth-order valence-corrected chi connectivity index (χ4v) is 1.81. The fraction of sp³-hybridized carbons (Fsp3) is 0.909. The maximum Gasteiger partial charge on any atom is 0.309 e. The maximum atomic E-state index is 11.5. The number of piperidine rings is 1. The third-order valence-corrected chi connectivity index (χ3v) is 2.82. The monoisotopic (exact) mass is 199 g/mol. The van der Waals surface area contributed by atoms with Crippen molar-refractivity contribution in [2.75, 3.05) is 26.2 Å². The van der Waals surface area contributed by atoms with Gasteiger partial charge in [0, 0.05) is 0 Å². The van der Waals surface area contributed by atoms with Crippen LogP contribution in [-0.2, 0) is 9.53 Å². The van der Waals surface area contributed by atoms with Gasteiger partial charge in [0.2, 0.25) is 0 Å². The van der Waals surface area contributed by atoms with Crippen molar-refractivity contribution in [3.8, 4) is 0 Å². The molecule has 1 rings (SSSR count). The van der Waals surface area contributed by atoms with E-state index < -0.39 is 0 Å². The van der Waals surface area contributed by atoms with E-state index in [0.717, 1.165) is 38.9 Å². The standard InChI is InChI=1S/C11H21NO2/c1-3-9-14-11(13)10-5-7-12(4-2)8-6-10/h10H,3-9H2,1-2H3. The molecule has 0 spiro atoms. The summed E-state index contributed by atoms with van der Waals surface area (Å²) in [7, 11) is 0. The zero-order chi connectivity index (χ0) is 10.4. The highest BCUT2D eigenvalue weighted by molar-refractivity contribution is 5.72. The van der Waals surface area contributed by atoms with Crippen LogP contribution in [0.5, 0.6) is 0 Å². The Kier molecular flexibility index (Phi) is 4.94. The van der Waals surface area contributed by atoms with Gasteiger partial charge in [0.25, 0.3) is 0 Å². The van der Waals surface area contributed by atoms with Gasteiger partial charge in [-0.05, 0) is 38.9 Å². The molecule has 0 aromatic carbocycles. The molecule has 1 fully saturated rings. The largest absolute Gasteiger partial charge is 0.465 e. The second kappa shape index (κ2) is 6.02. The van der Waals surface area contributed by atoms with Crippen molar-refractivity contribution in [3.05, 3.63) is 0 Å². The predicted octanol–water partition coefficient (Wildman–Crippen LogP) is 1.67. The summed E-state index contributed by atoms with van der Waals surface area (Å²) < 4.78 is 5.14. The number of carbonyl (C=O) groups excluding carboxylic acids is 1. The molecule has 1 saturated heterocycles. The van der Waals surface area contributed by atoms with Crippen molar-refractivity contribution in [3.63, 3.8) is 0 Å². The number of hydrogen-bond donors (Lipinski definition) is 0. The van der Waals surface area contributed by atoms with Crippen LogP contribution in [0.25, 0.3) is 0 Å². The zero-order valence-electron chi connectivity index (χ0n) is 9.29. The molecule has 0 N–H and O–H groups in total. The van der Waals surface area contributed by atoms with E-state index in [2.05, 4.69) is 11.8 Å². The average molecular weight is 199 g/mol. The Morgan fingerprint density at radius 1 is 1.36 bits per heavy atom. The van der Waals surface area contributed by atoms with E-state index in [9.17, 15) is 4.79 Å². The minimum atomic E-state index is 0.0163. The quantitative estimate of drug-likeness (QED) is 0.645. The van der Waals surface area contributed by atoms with Gasteiger partial charge in [-0.25, -0.2) is 0 Å². The van der Waals surface area contributed by atoms with E-state index >= 15 is 0 Å². The smallest absolute Gasteiger partial charge is 0.309 e. The van der Waals surface area contributed by atoms with Crippen LogP contribution in [0.15, 0.2) is 0 Å². The number of nitrogens with zero attached hydrogens (tertiary/aromatic N) is 1. The first-order chi connectivity index (χ1) is 6.77. The maximum absolute atomic E-state index is 11.5. The number of esters is 1. The Morgan fingerprint density at radius 2 is 2.00 bits per heavy atom. The van der Waals surface area contributed by atoms with Gasteiger partial charge in [0.1, 0.15) is 0 Å². The van der Waals surface area contributed by atoms with Crippen LogP contribution in [0, 0.1) is 5.92 Å². The fourth-order valence-electron chi connectivity index (χ4n) is 1.81. The molecule has 1 aliphatic rings. The first kappa shape index (κ1) is 11.5. The molecule has 3 nitrogen and oxygen atoms in total. The summed E-state index contributed by atoms with van der Waals surface area (Å²) in [5, 5.41) is 0. The Labute approximate surface area is 86.4 Å². The zero-order valence-corrected chi connectivity index (χ0v) is 9.29. The van der Waals surface area contributed by atoms with E-state index in [-0.39, 0.29) is 11.9 Å². The molecule has 0 aliphatic carbocycles. The Bertz CT molecular complexity index is 174. The topological polar surface area (TPSA) is 29.5 Å². The highest BCUT2D eigenvalue weighted by Crippen LogP contribution is 2.18. The second-order valence-corrected chi connectivity index (χ2v) is 3.88. The first-order valence-corrected chi connectivity index (χ1v) is 5.66. The first-order valence-electron chi connectivity index (χ1n) is 5.66. The lowest BCUT2D eigenvalue weighted by molar-refractivity contribution is -0.150. The molecule has 3 heteroatoms. The third-order valence-electron chi connectivity index (χ3n) is 2.82. The molecule has 0 bridgehead atoms. The Balaban J connectivity index is 2.23. The summed E-state index contributed by atoms with van der Waals surface area (Å²) in [4.78, 5) is 13.9. The number of carbonyl (C=O) groups is 1. The van der Waals surface area contributed by atoms with Gasteiger partial charge in [-0.1, -0.05) is 13.8 Å². The van der Waals surface area contributed by atoms with Gasteiger partial charge in [0.15, 0.2) is 0 Å². The molecular weight excluding hydrogens is 178 g/mol. The Morgan fingerprint density at radius 3 is 2.50 bits per heavy atom. The Hall–Kier alpha value is -0.570. The SMILES string of the molecule is CCCOC(=O)C1CCN(CC)CC1. The molecule has 0 aromatic heterocycles. The summed E-state index contributed by atoms with van der Waals surface area (Å²) in [6, 6.07) is 0. The number of rotatable bonds is 4. The van der Waals surface area contributed by atoms with Crippen LogP contribution < -0.4 is 0 Å². The third kappa shape index (κ3) is 3.29. The van der Waals surface area contributed by atoms with Crippen molar-refractivity contribution < 1.29 is 9.53 Å². The average Bonchev–Trinajstić information content (AvgIpc) is 2.26. The van der Waals surface area contributed by atoms with Crippen molar-refractivity contribution in [2.24, 2.45) is 5.92 Å². The summed E-state index contributed by atoms with van der Waals surface area (Å²) >= 11 is 0. The van der Waals surface area contributed by atoms with Gasteiger partial charge in [-0.2, -0.15) is 0 Å². The molecule has 0 radical (unpaired) electrons. The lowest BCUT2D eigenvalue weighted by Gasteiger charge is -2.29. The van der Waals surface area contributed by atoms with E-state index in [4.69, 9.17) is 4.74 Å². The van der Waals surface area contributed by atoms with Crippen LogP contribution in [-0.4, -0.2) is 37.1 Å². The van der Waals surface area contributed by atoms with Crippen molar-refractivity contribution in [1.29, 1.82) is 0 Å². The van der Waals surface area contributed by atoms with Crippen LogP contribution in [0.2, 0.25) is 0 Å². The highest BCUT2D eigenvalue weighted by Gasteiger charge is 2.24. The number of hydrogen-bond acceptors (Lipinski definition) is 3. The number of ether oxygens (including phenoxy) is 1. The predicted molar refractivity (Wildman–Crippen MR) is 56.1 cm³/mol. The lowest BCUT2D eigenvalue weighted by atomic mass is 9.97. The van der Waals surface area contributed by atoms with E-state index in [1.54, 1.807) is 0 Å². The highest BCUT2D eigenvalue weighted by atomic mass is 16.5. The van der Waals surface area contributed by atoms with E-state index in [1.165, 1.54) is 0 Å². The van der Waals surface area contributed by atoms with Crippen LogP contribution in [0.3, 0.4) is 0 Å². The molecule has 0 unspecified atom stereocenters. The second-order valence-electron chi connectivity index (χ2n) is 3.88. The van der Waals surface area contributed by atoms with Crippen LogP contribution in [0.1, 0.15) is 33.1 Å². The molecular formula is C11H21NO2. The van der Waals surface area contributed by atoms with Gasteiger partial charge < -0.3 is 9.64 Å².